The van der Waals surface area contributed by atoms with Gasteiger partial charge in [0.25, 0.3) is 0 Å². The molecule has 1 aromatic heterocycles. The largest absolute Gasteiger partial charge is 0.478 e. The van der Waals surface area contributed by atoms with E-state index < -0.39 is 38.1 Å². The van der Waals surface area contributed by atoms with Crippen molar-refractivity contribution < 1.29 is 31.5 Å². The Hall–Kier alpha value is -2.22. The molecule has 21 heavy (non-hydrogen) atoms. The van der Waals surface area contributed by atoms with Crippen LogP contribution in [0, 0.1) is 18.6 Å². The zero-order valence-corrected chi connectivity index (χ0v) is 11.6. The van der Waals surface area contributed by atoms with Crippen LogP contribution in [-0.2, 0) is 15.6 Å². The van der Waals surface area contributed by atoms with Gasteiger partial charge in [-0.25, -0.2) is 22.0 Å². The first-order valence-corrected chi connectivity index (χ1v) is 7.36. The lowest BCUT2D eigenvalue weighted by Crippen LogP contribution is -2.07. The zero-order valence-electron chi connectivity index (χ0n) is 10.8. The fourth-order valence-electron chi connectivity index (χ4n) is 1.81. The Morgan fingerprint density at radius 1 is 1.29 bits per heavy atom. The second kappa shape index (κ2) is 5.28. The van der Waals surface area contributed by atoms with Crippen molar-refractivity contribution in [3.8, 4) is 0 Å². The standard InChI is InChI=1S/C13H10F2O5S/c1-7-10(13(16)17)5-9(20-7)6-21(18,19)12-4-8(14)2-3-11(12)15/h2-5H,6H2,1H3,(H,16,17). The highest BCUT2D eigenvalue weighted by Gasteiger charge is 2.24. The summed E-state index contributed by atoms with van der Waals surface area (Å²) < 4.78 is 55.7. The van der Waals surface area contributed by atoms with E-state index in [0.717, 1.165) is 12.1 Å². The van der Waals surface area contributed by atoms with Gasteiger partial charge in [-0.2, -0.15) is 0 Å². The van der Waals surface area contributed by atoms with Crippen LogP contribution in [0.15, 0.2) is 33.6 Å². The second-order valence-electron chi connectivity index (χ2n) is 4.32. The molecule has 0 saturated carbocycles. The molecule has 112 valence electrons. The Labute approximate surface area is 118 Å². The molecule has 1 aromatic carbocycles. The SMILES string of the molecule is Cc1oc(CS(=O)(=O)c2cc(F)ccc2F)cc1C(=O)O. The van der Waals surface area contributed by atoms with Gasteiger partial charge in [0.1, 0.15) is 39.4 Å². The second-order valence-corrected chi connectivity index (χ2v) is 6.28. The van der Waals surface area contributed by atoms with E-state index in [0.29, 0.717) is 12.1 Å². The molecule has 0 aliphatic rings. The minimum atomic E-state index is -4.20. The molecule has 5 nitrogen and oxygen atoms in total. The predicted molar refractivity (Wildman–Crippen MR) is 67.7 cm³/mol. The average molecular weight is 316 g/mol. The molecule has 2 rings (SSSR count). The van der Waals surface area contributed by atoms with Gasteiger partial charge >= 0.3 is 5.97 Å². The number of carbonyl (C=O) groups is 1. The van der Waals surface area contributed by atoms with Crippen molar-refractivity contribution in [1.82, 2.24) is 0 Å². The molecule has 2 aromatic rings. The van der Waals surface area contributed by atoms with Crippen LogP contribution in [0.4, 0.5) is 8.78 Å². The van der Waals surface area contributed by atoms with Gasteiger partial charge in [-0.3, -0.25) is 0 Å². The van der Waals surface area contributed by atoms with E-state index in [4.69, 9.17) is 9.52 Å². The summed E-state index contributed by atoms with van der Waals surface area (Å²) in [7, 11) is -4.20. The smallest absolute Gasteiger partial charge is 0.339 e. The number of hydrogen-bond acceptors (Lipinski definition) is 4. The molecule has 0 aliphatic heterocycles. The number of hydrogen-bond donors (Lipinski definition) is 1. The molecule has 0 aliphatic carbocycles. The highest BCUT2D eigenvalue weighted by atomic mass is 32.2. The number of furan rings is 1. The van der Waals surface area contributed by atoms with E-state index in [9.17, 15) is 22.0 Å². The molecule has 0 atom stereocenters. The molecule has 0 fully saturated rings. The normalized spacial score (nSPS) is 11.6. The molecule has 0 saturated heterocycles. The zero-order chi connectivity index (χ0) is 15.8. The minimum absolute atomic E-state index is 0.0346. The first kappa shape index (κ1) is 15.2. The summed E-state index contributed by atoms with van der Waals surface area (Å²) in [4.78, 5) is 10.1. The predicted octanol–water partition coefficient (Wildman–Crippen LogP) is 2.54. The van der Waals surface area contributed by atoms with Crippen LogP contribution >= 0.6 is 0 Å². The van der Waals surface area contributed by atoms with Crippen molar-refractivity contribution in [3.63, 3.8) is 0 Å². The summed E-state index contributed by atoms with van der Waals surface area (Å²) in [5, 5.41) is 8.86. The fraction of sp³-hybridized carbons (Fsp3) is 0.154. The quantitative estimate of drug-likeness (QED) is 0.937. The number of aromatic carboxylic acids is 1. The third kappa shape index (κ3) is 3.10. The van der Waals surface area contributed by atoms with Crippen LogP contribution in [0.3, 0.4) is 0 Å². The molecular formula is C13H10F2O5S. The molecule has 0 spiro atoms. The number of rotatable bonds is 4. The summed E-state index contributed by atoms with van der Waals surface area (Å²) in [6.07, 6.45) is 0. The molecule has 0 amide bonds. The number of carboxylic acids is 1. The number of sulfone groups is 1. The van der Waals surface area contributed by atoms with Crippen molar-refractivity contribution in [2.24, 2.45) is 0 Å². The van der Waals surface area contributed by atoms with Crippen molar-refractivity contribution in [3.05, 3.63) is 53.0 Å². The van der Waals surface area contributed by atoms with E-state index in [1.807, 2.05) is 0 Å². The monoisotopic (exact) mass is 316 g/mol. The van der Waals surface area contributed by atoms with Crippen molar-refractivity contribution in [1.29, 1.82) is 0 Å². The topological polar surface area (TPSA) is 84.6 Å². The lowest BCUT2D eigenvalue weighted by Gasteiger charge is -2.04. The number of aryl methyl sites for hydroxylation is 1. The van der Waals surface area contributed by atoms with Crippen LogP contribution in [0.5, 0.6) is 0 Å². The molecule has 1 N–H and O–H groups in total. The van der Waals surface area contributed by atoms with Crippen LogP contribution in [0.25, 0.3) is 0 Å². The Bertz CT molecular complexity index is 808. The highest BCUT2D eigenvalue weighted by Crippen LogP contribution is 2.23. The van der Waals surface area contributed by atoms with Gasteiger partial charge in [-0.1, -0.05) is 0 Å². The Morgan fingerprint density at radius 2 is 1.95 bits per heavy atom. The van der Waals surface area contributed by atoms with Gasteiger partial charge in [0.2, 0.25) is 0 Å². The Kier molecular flexibility index (Phi) is 3.82. The first-order valence-electron chi connectivity index (χ1n) is 5.71. The van der Waals surface area contributed by atoms with Gasteiger partial charge in [-0.05, 0) is 31.2 Å². The van der Waals surface area contributed by atoms with Crippen LogP contribution in [0.1, 0.15) is 21.9 Å². The van der Waals surface area contributed by atoms with Crippen LogP contribution in [-0.4, -0.2) is 19.5 Å². The Balaban J connectivity index is 2.40. The van der Waals surface area contributed by atoms with Crippen LogP contribution in [0.2, 0.25) is 0 Å². The van der Waals surface area contributed by atoms with Gasteiger partial charge in [-0.15, -0.1) is 0 Å². The lowest BCUT2D eigenvalue weighted by molar-refractivity contribution is 0.0695. The maximum atomic E-state index is 13.5. The van der Waals surface area contributed by atoms with Crippen LogP contribution < -0.4 is 0 Å². The number of halogens is 2. The summed E-state index contributed by atoms with van der Waals surface area (Å²) in [6.45, 7) is 1.36. The van der Waals surface area contributed by atoms with Gasteiger partial charge in [0.05, 0.1) is 0 Å². The summed E-state index contributed by atoms with van der Waals surface area (Å²) in [5.41, 5.74) is -0.181. The van der Waals surface area contributed by atoms with E-state index in [1.54, 1.807) is 0 Å². The summed E-state index contributed by atoms with van der Waals surface area (Å²) in [6, 6.07) is 3.12. The maximum Gasteiger partial charge on any atom is 0.339 e. The molecule has 0 unspecified atom stereocenters. The van der Waals surface area contributed by atoms with Gasteiger partial charge in [0, 0.05) is 0 Å². The van der Waals surface area contributed by atoms with E-state index in [-0.39, 0.29) is 17.1 Å². The number of benzene rings is 1. The maximum absolute atomic E-state index is 13.5. The lowest BCUT2D eigenvalue weighted by atomic mass is 10.2. The third-order valence-corrected chi connectivity index (χ3v) is 4.41. The van der Waals surface area contributed by atoms with Crippen molar-refractivity contribution in [2.75, 3.05) is 0 Å². The summed E-state index contributed by atoms with van der Waals surface area (Å²) in [5.74, 6) is -4.13. The van der Waals surface area contributed by atoms with Crippen molar-refractivity contribution >= 4 is 15.8 Å². The molecule has 0 bridgehead atoms. The average Bonchev–Trinajstić information content (AvgIpc) is 2.72. The first-order chi connectivity index (χ1) is 9.70. The van der Waals surface area contributed by atoms with Gasteiger partial charge < -0.3 is 9.52 Å². The van der Waals surface area contributed by atoms with E-state index >= 15 is 0 Å². The molecule has 8 heteroatoms. The molecule has 1 heterocycles. The molecular weight excluding hydrogens is 306 g/mol. The van der Waals surface area contributed by atoms with Gasteiger partial charge in [0.15, 0.2) is 9.84 Å². The minimum Gasteiger partial charge on any atom is -0.478 e. The highest BCUT2D eigenvalue weighted by molar-refractivity contribution is 7.90. The third-order valence-electron chi connectivity index (χ3n) is 2.76. The van der Waals surface area contributed by atoms with E-state index in [1.165, 1.54) is 6.92 Å². The number of carboxylic acid groups (broad SMARTS) is 1. The van der Waals surface area contributed by atoms with E-state index in [2.05, 4.69) is 0 Å². The van der Waals surface area contributed by atoms with Crippen molar-refractivity contribution in [2.45, 2.75) is 17.6 Å². The summed E-state index contributed by atoms with van der Waals surface area (Å²) >= 11 is 0. The molecule has 0 radical (unpaired) electrons. The Morgan fingerprint density at radius 3 is 2.52 bits per heavy atom. The fourth-order valence-corrected chi connectivity index (χ4v) is 3.14.